The van der Waals surface area contributed by atoms with Gasteiger partial charge in [0.15, 0.2) is 5.13 Å². The number of hydrogen-bond donors (Lipinski definition) is 2. The molecule has 0 bridgehead atoms. The fourth-order valence-electron chi connectivity index (χ4n) is 7.21. The molecule has 0 spiro atoms. The van der Waals surface area contributed by atoms with Gasteiger partial charge >= 0.3 is 6.01 Å². The van der Waals surface area contributed by atoms with Gasteiger partial charge in [-0.15, -0.1) is 0 Å². The highest BCUT2D eigenvalue weighted by molar-refractivity contribution is 7.22. The van der Waals surface area contributed by atoms with Gasteiger partial charge in [0.05, 0.1) is 33.8 Å². The van der Waals surface area contributed by atoms with Gasteiger partial charge in [-0.2, -0.15) is 9.97 Å². The quantitative estimate of drug-likeness (QED) is 0.489. The number of anilines is 3. The molecule has 4 aliphatic heterocycles. The Labute approximate surface area is 231 Å². The maximum atomic E-state index is 14.5. The number of aliphatic hydroxyl groups is 1. The van der Waals surface area contributed by atoms with Crippen molar-refractivity contribution in [1.82, 2.24) is 19.9 Å². The number of fused-ring (bicyclic) bond motifs is 3. The van der Waals surface area contributed by atoms with Gasteiger partial charge < -0.3 is 25.4 Å². The molecule has 4 aliphatic rings. The number of nitrogens with two attached hydrogens (primary N) is 1. The maximum Gasteiger partial charge on any atom is 0.318 e. The standard InChI is InChI=1S/C28H36FN7O2S/c1-27(37)8-2-11-35(16-27)24-18-7-14-34(21-6-5-19(29)23-22(21)32-25(30)39-23)15-20(18)31-26(33-24)38-17-28-9-3-12-36(28)13-4-10-28/h5-6,37H,2-4,7-17H2,1H3,(H2,30,32). The summed E-state index contributed by atoms with van der Waals surface area (Å²) >= 11 is 1.18. The van der Waals surface area contributed by atoms with Crippen molar-refractivity contribution in [2.24, 2.45) is 0 Å². The summed E-state index contributed by atoms with van der Waals surface area (Å²) in [4.78, 5) is 21.4. The lowest BCUT2D eigenvalue weighted by Crippen LogP contribution is -2.47. The Morgan fingerprint density at radius 3 is 2.64 bits per heavy atom. The van der Waals surface area contributed by atoms with Crippen LogP contribution in [0.5, 0.6) is 6.01 Å². The van der Waals surface area contributed by atoms with Gasteiger partial charge in [0.1, 0.15) is 23.8 Å². The molecule has 0 aliphatic carbocycles. The molecule has 1 atom stereocenters. The molecule has 0 saturated carbocycles. The number of halogens is 1. The fraction of sp³-hybridized carbons (Fsp3) is 0.607. The van der Waals surface area contributed by atoms with Crippen LogP contribution in [-0.4, -0.2) is 75.4 Å². The number of β-amino-alcohol motifs (C(OH)–C–C–N with tert-alkyl or cyclic N) is 1. The van der Waals surface area contributed by atoms with Crippen molar-refractivity contribution in [2.45, 2.75) is 69.6 Å². The SMILES string of the molecule is CC1(O)CCCN(c2nc(OCC34CCCN3CCC4)nc3c2CCN(c2ccc(F)c4sc(N)nc24)C3)C1. The zero-order valence-corrected chi connectivity index (χ0v) is 23.3. The lowest BCUT2D eigenvalue weighted by molar-refractivity contribution is 0.0445. The van der Waals surface area contributed by atoms with Crippen molar-refractivity contribution in [3.05, 3.63) is 29.2 Å². The van der Waals surface area contributed by atoms with Gasteiger partial charge in [0.2, 0.25) is 0 Å². The highest BCUT2D eigenvalue weighted by Gasteiger charge is 2.45. The number of ether oxygens (including phenoxy) is 1. The third-order valence-corrected chi connectivity index (χ3v) is 10.0. The molecule has 0 amide bonds. The highest BCUT2D eigenvalue weighted by Crippen LogP contribution is 2.40. The lowest BCUT2D eigenvalue weighted by atomic mass is 9.94. The Hall–Kier alpha value is -2.76. The van der Waals surface area contributed by atoms with E-state index in [1.54, 1.807) is 6.07 Å². The minimum atomic E-state index is -0.755. The van der Waals surface area contributed by atoms with Crippen molar-refractivity contribution in [3.8, 4) is 6.01 Å². The van der Waals surface area contributed by atoms with Gasteiger partial charge in [-0.1, -0.05) is 11.3 Å². The molecule has 3 saturated heterocycles. The van der Waals surface area contributed by atoms with Gasteiger partial charge in [-0.25, -0.2) is 9.37 Å². The van der Waals surface area contributed by atoms with E-state index in [1.807, 2.05) is 6.92 Å². The first-order valence-corrected chi connectivity index (χ1v) is 15.0. The van der Waals surface area contributed by atoms with E-state index in [2.05, 4.69) is 19.7 Å². The van der Waals surface area contributed by atoms with E-state index in [0.717, 1.165) is 81.0 Å². The number of hydrogen-bond acceptors (Lipinski definition) is 10. The zero-order chi connectivity index (χ0) is 26.8. The van der Waals surface area contributed by atoms with E-state index in [9.17, 15) is 9.50 Å². The number of benzene rings is 1. The third-order valence-electron chi connectivity index (χ3n) is 9.11. The number of nitrogen functional groups attached to an aromatic ring is 1. The molecule has 1 unspecified atom stereocenters. The molecule has 3 aromatic rings. The van der Waals surface area contributed by atoms with Gasteiger partial charge in [0.25, 0.3) is 0 Å². The predicted molar refractivity (Wildman–Crippen MR) is 151 cm³/mol. The summed E-state index contributed by atoms with van der Waals surface area (Å²) in [5.41, 5.74) is 8.78. The molecule has 9 nitrogen and oxygen atoms in total. The topological polar surface area (TPSA) is 104 Å². The van der Waals surface area contributed by atoms with Gasteiger partial charge in [-0.3, -0.25) is 4.90 Å². The molecule has 39 heavy (non-hydrogen) atoms. The minimum absolute atomic E-state index is 0.102. The normalized spacial score (nSPS) is 24.8. The van der Waals surface area contributed by atoms with E-state index < -0.39 is 5.60 Å². The van der Waals surface area contributed by atoms with E-state index >= 15 is 0 Å². The summed E-state index contributed by atoms with van der Waals surface area (Å²) in [6.07, 6.45) is 7.17. The lowest BCUT2D eigenvalue weighted by Gasteiger charge is -2.40. The molecule has 208 valence electrons. The van der Waals surface area contributed by atoms with E-state index in [0.29, 0.717) is 41.1 Å². The first-order chi connectivity index (χ1) is 18.8. The largest absolute Gasteiger partial charge is 0.461 e. The van der Waals surface area contributed by atoms with Crippen molar-refractivity contribution < 1.29 is 14.2 Å². The number of rotatable bonds is 5. The molecule has 7 rings (SSSR count). The van der Waals surface area contributed by atoms with Crippen LogP contribution in [0.15, 0.2) is 12.1 Å². The Kier molecular flexibility index (Phi) is 6.09. The summed E-state index contributed by atoms with van der Waals surface area (Å²) in [7, 11) is 0. The average Bonchev–Trinajstić information content (AvgIpc) is 3.60. The molecule has 6 heterocycles. The first-order valence-electron chi connectivity index (χ1n) is 14.1. The van der Waals surface area contributed by atoms with Crippen molar-refractivity contribution in [1.29, 1.82) is 0 Å². The molecule has 2 aromatic heterocycles. The summed E-state index contributed by atoms with van der Waals surface area (Å²) in [5.74, 6) is 0.578. The monoisotopic (exact) mass is 553 g/mol. The molecule has 3 fully saturated rings. The first kappa shape index (κ1) is 25.2. The van der Waals surface area contributed by atoms with Crippen LogP contribution in [0.3, 0.4) is 0 Å². The van der Waals surface area contributed by atoms with Crippen LogP contribution in [0, 0.1) is 5.82 Å². The Morgan fingerprint density at radius 2 is 1.85 bits per heavy atom. The van der Waals surface area contributed by atoms with E-state index in [-0.39, 0.29) is 11.4 Å². The van der Waals surface area contributed by atoms with Crippen LogP contribution in [0.4, 0.5) is 21.0 Å². The van der Waals surface area contributed by atoms with Crippen LogP contribution >= 0.6 is 11.3 Å². The second kappa shape index (κ2) is 9.42. The van der Waals surface area contributed by atoms with E-state index in [1.165, 1.54) is 30.2 Å². The number of nitrogens with zero attached hydrogens (tertiary/aromatic N) is 6. The molecule has 1 aromatic carbocycles. The fourth-order valence-corrected chi connectivity index (χ4v) is 7.97. The van der Waals surface area contributed by atoms with Crippen LogP contribution < -0.4 is 20.3 Å². The maximum absolute atomic E-state index is 14.5. The Balaban J connectivity index is 1.23. The third kappa shape index (κ3) is 4.48. The smallest absolute Gasteiger partial charge is 0.318 e. The Bertz CT molecular complexity index is 1400. The summed E-state index contributed by atoms with van der Waals surface area (Å²) in [5, 5.41) is 11.2. The van der Waals surface area contributed by atoms with Crippen LogP contribution in [0.25, 0.3) is 10.2 Å². The summed E-state index contributed by atoms with van der Waals surface area (Å²) in [6, 6.07) is 3.69. The number of thiazole rings is 1. The second-order valence-electron chi connectivity index (χ2n) is 12.0. The average molecular weight is 554 g/mol. The number of piperidine rings is 1. The van der Waals surface area contributed by atoms with Crippen LogP contribution in [0.2, 0.25) is 0 Å². The van der Waals surface area contributed by atoms with Crippen molar-refractivity contribution >= 4 is 38.2 Å². The van der Waals surface area contributed by atoms with Crippen molar-refractivity contribution in [2.75, 3.05) is 54.9 Å². The molecule has 3 N–H and O–H groups in total. The Morgan fingerprint density at radius 1 is 1.05 bits per heavy atom. The zero-order valence-electron chi connectivity index (χ0n) is 22.5. The molecular weight excluding hydrogens is 517 g/mol. The number of aromatic nitrogens is 3. The van der Waals surface area contributed by atoms with Gasteiger partial charge in [0, 0.05) is 25.2 Å². The summed E-state index contributed by atoms with van der Waals surface area (Å²) < 4.78 is 21.4. The minimum Gasteiger partial charge on any atom is -0.461 e. The van der Waals surface area contributed by atoms with Crippen LogP contribution in [0.1, 0.15) is 56.7 Å². The van der Waals surface area contributed by atoms with E-state index in [4.69, 9.17) is 20.4 Å². The highest BCUT2D eigenvalue weighted by atomic mass is 32.1. The molecular formula is C28H36FN7O2S. The van der Waals surface area contributed by atoms with Crippen LogP contribution in [-0.2, 0) is 13.0 Å². The summed E-state index contributed by atoms with van der Waals surface area (Å²) in [6.45, 7) is 7.44. The molecule has 11 heteroatoms. The van der Waals surface area contributed by atoms with Gasteiger partial charge in [-0.05, 0) is 77.1 Å². The predicted octanol–water partition coefficient (Wildman–Crippen LogP) is 3.73. The second-order valence-corrected chi connectivity index (χ2v) is 13.0. The van der Waals surface area contributed by atoms with Crippen molar-refractivity contribution in [3.63, 3.8) is 0 Å². The molecule has 0 radical (unpaired) electrons.